The summed E-state index contributed by atoms with van der Waals surface area (Å²) in [5, 5.41) is 0. The molecule has 2 atom stereocenters. The van der Waals surface area contributed by atoms with Crippen molar-refractivity contribution < 1.29 is 4.79 Å². The van der Waals surface area contributed by atoms with Gasteiger partial charge < -0.3 is 14.4 Å². The highest BCUT2D eigenvalue weighted by molar-refractivity contribution is 5.76. The Morgan fingerprint density at radius 3 is 2.95 bits per heavy atom. The van der Waals surface area contributed by atoms with E-state index in [0.717, 1.165) is 38.2 Å². The van der Waals surface area contributed by atoms with Crippen LogP contribution < -0.4 is 0 Å². The second-order valence-corrected chi connectivity index (χ2v) is 6.61. The minimum atomic E-state index is 0.269. The van der Waals surface area contributed by atoms with Gasteiger partial charge in [0.05, 0.1) is 0 Å². The van der Waals surface area contributed by atoms with Crippen LogP contribution in [0.4, 0.5) is 0 Å². The first-order valence-corrected chi connectivity index (χ1v) is 8.48. The number of aryl methyl sites for hydroxylation is 1. The molecule has 1 aromatic heterocycles. The van der Waals surface area contributed by atoms with Crippen molar-refractivity contribution in [2.75, 3.05) is 27.2 Å². The SMILES string of the molecule is CCC(C)n1ccnc1CCC(=O)N1CCC[C@H](N(C)C)C1. The maximum absolute atomic E-state index is 12.5. The van der Waals surface area contributed by atoms with E-state index in [2.05, 4.69) is 42.4 Å². The van der Waals surface area contributed by atoms with Gasteiger partial charge in [0.2, 0.25) is 5.91 Å². The molecular weight excluding hydrogens is 276 g/mol. The highest BCUT2D eigenvalue weighted by Crippen LogP contribution is 2.17. The molecule has 0 aliphatic carbocycles. The van der Waals surface area contributed by atoms with Crippen LogP contribution in [0.2, 0.25) is 0 Å². The number of rotatable bonds is 6. The van der Waals surface area contributed by atoms with Gasteiger partial charge in [0.25, 0.3) is 0 Å². The maximum Gasteiger partial charge on any atom is 0.223 e. The maximum atomic E-state index is 12.5. The number of carbonyl (C=O) groups excluding carboxylic acids is 1. The molecule has 1 aliphatic rings. The zero-order valence-electron chi connectivity index (χ0n) is 14.5. The van der Waals surface area contributed by atoms with Gasteiger partial charge in [0.1, 0.15) is 5.82 Å². The molecule has 5 heteroatoms. The first-order chi connectivity index (χ1) is 10.5. The lowest BCUT2D eigenvalue weighted by Gasteiger charge is -2.36. The first-order valence-electron chi connectivity index (χ1n) is 8.48. The lowest BCUT2D eigenvalue weighted by atomic mass is 10.0. The second-order valence-electron chi connectivity index (χ2n) is 6.61. The number of piperidine rings is 1. The fourth-order valence-corrected chi connectivity index (χ4v) is 3.12. The summed E-state index contributed by atoms with van der Waals surface area (Å²) in [6, 6.07) is 0.945. The monoisotopic (exact) mass is 306 g/mol. The molecule has 2 rings (SSSR count). The van der Waals surface area contributed by atoms with E-state index in [-0.39, 0.29) is 5.91 Å². The first kappa shape index (κ1) is 17.0. The fraction of sp³-hybridized carbons (Fsp3) is 0.765. The average molecular weight is 306 g/mol. The van der Waals surface area contributed by atoms with Gasteiger partial charge in [-0.3, -0.25) is 4.79 Å². The zero-order chi connectivity index (χ0) is 16.1. The molecule has 1 aliphatic heterocycles. The van der Waals surface area contributed by atoms with Crippen molar-refractivity contribution in [3.63, 3.8) is 0 Å². The number of likely N-dealkylation sites (N-methyl/N-ethyl adjacent to an activating group) is 1. The minimum Gasteiger partial charge on any atom is -0.341 e. The molecule has 0 saturated carbocycles. The van der Waals surface area contributed by atoms with E-state index in [1.807, 2.05) is 17.3 Å². The second kappa shape index (κ2) is 7.77. The predicted octanol–water partition coefficient (Wildman–Crippen LogP) is 2.34. The van der Waals surface area contributed by atoms with Gasteiger partial charge >= 0.3 is 0 Å². The topological polar surface area (TPSA) is 41.4 Å². The van der Waals surface area contributed by atoms with Crippen molar-refractivity contribution in [1.29, 1.82) is 0 Å². The number of carbonyl (C=O) groups is 1. The number of aromatic nitrogens is 2. The molecule has 22 heavy (non-hydrogen) atoms. The van der Waals surface area contributed by atoms with Crippen molar-refractivity contribution in [3.05, 3.63) is 18.2 Å². The van der Waals surface area contributed by atoms with Crippen molar-refractivity contribution >= 4 is 5.91 Å². The van der Waals surface area contributed by atoms with E-state index in [1.165, 1.54) is 6.42 Å². The van der Waals surface area contributed by atoms with Crippen LogP contribution in [0.25, 0.3) is 0 Å². The molecule has 2 heterocycles. The molecule has 124 valence electrons. The van der Waals surface area contributed by atoms with E-state index >= 15 is 0 Å². The van der Waals surface area contributed by atoms with Crippen LogP contribution in [0.1, 0.15) is 51.4 Å². The number of hydrogen-bond donors (Lipinski definition) is 0. The summed E-state index contributed by atoms with van der Waals surface area (Å²) in [6.07, 6.45) is 8.54. The van der Waals surface area contributed by atoms with Gasteiger partial charge in [-0.25, -0.2) is 4.98 Å². The summed E-state index contributed by atoms with van der Waals surface area (Å²) in [4.78, 5) is 21.2. The van der Waals surface area contributed by atoms with Crippen LogP contribution in [0, 0.1) is 0 Å². The predicted molar refractivity (Wildman–Crippen MR) is 88.8 cm³/mol. The Bertz CT molecular complexity index is 483. The van der Waals surface area contributed by atoms with Crippen LogP contribution in [0.15, 0.2) is 12.4 Å². The summed E-state index contributed by atoms with van der Waals surface area (Å²) < 4.78 is 2.20. The third-order valence-corrected chi connectivity index (χ3v) is 4.86. The van der Waals surface area contributed by atoms with Crippen LogP contribution >= 0.6 is 0 Å². The van der Waals surface area contributed by atoms with Gasteiger partial charge in [0.15, 0.2) is 0 Å². The smallest absolute Gasteiger partial charge is 0.223 e. The average Bonchev–Trinajstić information content (AvgIpc) is 3.00. The van der Waals surface area contributed by atoms with Crippen molar-refractivity contribution in [2.24, 2.45) is 0 Å². The Balaban J connectivity index is 1.89. The molecule has 0 N–H and O–H groups in total. The van der Waals surface area contributed by atoms with Crippen molar-refractivity contribution in [2.45, 2.75) is 58.0 Å². The number of imidazole rings is 1. The van der Waals surface area contributed by atoms with Crippen molar-refractivity contribution in [3.8, 4) is 0 Å². The van der Waals surface area contributed by atoms with E-state index in [9.17, 15) is 4.79 Å². The Morgan fingerprint density at radius 1 is 1.50 bits per heavy atom. The normalized spacial score (nSPS) is 20.4. The Kier molecular flexibility index (Phi) is 6.00. The van der Waals surface area contributed by atoms with Crippen LogP contribution in [-0.2, 0) is 11.2 Å². The lowest BCUT2D eigenvalue weighted by molar-refractivity contribution is -0.133. The third-order valence-electron chi connectivity index (χ3n) is 4.86. The molecule has 0 aromatic carbocycles. The Labute approximate surface area is 134 Å². The van der Waals surface area contributed by atoms with Crippen molar-refractivity contribution in [1.82, 2.24) is 19.4 Å². The van der Waals surface area contributed by atoms with E-state index < -0.39 is 0 Å². The van der Waals surface area contributed by atoms with E-state index in [1.54, 1.807) is 0 Å². The highest BCUT2D eigenvalue weighted by atomic mass is 16.2. The summed E-state index contributed by atoms with van der Waals surface area (Å²) >= 11 is 0. The number of amides is 1. The molecular formula is C17H30N4O. The fourth-order valence-electron chi connectivity index (χ4n) is 3.12. The quantitative estimate of drug-likeness (QED) is 0.810. The van der Waals surface area contributed by atoms with Gasteiger partial charge in [-0.05, 0) is 40.3 Å². The molecule has 1 aromatic rings. The molecule has 1 unspecified atom stereocenters. The van der Waals surface area contributed by atoms with Gasteiger partial charge in [-0.15, -0.1) is 0 Å². The van der Waals surface area contributed by atoms with Crippen LogP contribution in [0.5, 0.6) is 0 Å². The van der Waals surface area contributed by atoms with E-state index in [0.29, 0.717) is 18.5 Å². The van der Waals surface area contributed by atoms with Gasteiger partial charge in [-0.1, -0.05) is 6.92 Å². The summed E-state index contributed by atoms with van der Waals surface area (Å²) in [5.41, 5.74) is 0. The minimum absolute atomic E-state index is 0.269. The molecule has 1 amide bonds. The molecule has 1 saturated heterocycles. The molecule has 1 fully saturated rings. The largest absolute Gasteiger partial charge is 0.341 e. The summed E-state index contributed by atoms with van der Waals surface area (Å²) in [7, 11) is 4.20. The highest BCUT2D eigenvalue weighted by Gasteiger charge is 2.24. The Hall–Kier alpha value is -1.36. The third kappa shape index (κ3) is 4.09. The molecule has 0 spiro atoms. The van der Waals surface area contributed by atoms with Gasteiger partial charge in [0, 0.05) is 50.4 Å². The Morgan fingerprint density at radius 2 is 2.27 bits per heavy atom. The van der Waals surface area contributed by atoms with Gasteiger partial charge in [-0.2, -0.15) is 0 Å². The summed E-state index contributed by atoms with van der Waals surface area (Å²) in [6.45, 7) is 6.14. The molecule has 0 bridgehead atoms. The lowest BCUT2D eigenvalue weighted by Crippen LogP contribution is -2.47. The number of likely N-dealkylation sites (tertiary alicyclic amines) is 1. The number of hydrogen-bond acceptors (Lipinski definition) is 3. The molecule has 5 nitrogen and oxygen atoms in total. The van der Waals surface area contributed by atoms with E-state index in [4.69, 9.17) is 0 Å². The standard InChI is InChI=1S/C17H30N4O/c1-5-14(2)21-12-10-18-16(21)8-9-17(22)20-11-6-7-15(13-20)19(3)4/h10,12,14-15H,5-9,11,13H2,1-4H3/t14?,15-/m0/s1. The summed E-state index contributed by atoms with van der Waals surface area (Å²) in [5.74, 6) is 1.30. The number of nitrogens with zero attached hydrogens (tertiary/aromatic N) is 4. The zero-order valence-corrected chi connectivity index (χ0v) is 14.5. The van der Waals surface area contributed by atoms with Crippen LogP contribution in [-0.4, -0.2) is 58.5 Å². The molecule has 0 radical (unpaired) electrons. The van der Waals surface area contributed by atoms with Crippen LogP contribution in [0.3, 0.4) is 0 Å².